The summed E-state index contributed by atoms with van der Waals surface area (Å²) in [6.45, 7) is 0.935. The zero-order valence-electron chi connectivity index (χ0n) is 13.0. The van der Waals surface area contributed by atoms with Crippen LogP contribution in [0.2, 0.25) is 0 Å². The van der Waals surface area contributed by atoms with Crippen LogP contribution < -0.4 is 9.47 Å². The SMILES string of the molecule is COc1cc(/C=C2\CCOC2=O)ccc1OCc1ccccc1. The third-order valence-electron chi connectivity index (χ3n) is 3.63. The van der Waals surface area contributed by atoms with E-state index < -0.39 is 0 Å². The fourth-order valence-corrected chi connectivity index (χ4v) is 2.41. The number of benzene rings is 2. The Hall–Kier alpha value is -2.75. The van der Waals surface area contributed by atoms with Gasteiger partial charge in [-0.1, -0.05) is 36.4 Å². The molecule has 3 rings (SSSR count). The normalized spacial score (nSPS) is 15.5. The van der Waals surface area contributed by atoms with Gasteiger partial charge in [0.05, 0.1) is 13.7 Å². The zero-order chi connectivity index (χ0) is 16.1. The maximum absolute atomic E-state index is 11.5. The first-order chi connectivity index (χ1) is 11.3. The standard InChI is InChI=1S/C19H18O4/c1-21-18-12-15(11-16-9-10-22-19(16)20)7-8-17(18)23-13-14-5-3-2-4-6-14/h2-8,11-12H,9-10,13H2,1H3/b16-11+. The van der Waals surface area contributed by atoms with Gasteiger partial charge in [-0.3, -0.25) is 0 Å². The van der Waals surface area contributed by atoms with Gasteiger partial charge in [-0.05, 0) is 29.3 Å². The molecule has 0 unspecified atom stereocenters. The van der Waals surface area contributed by atoms with Crippen LogP contribution in [0.1, 0.15) is 17.5 Å². The van der Waals surface area contributed by atoms with E-state index in [2.05, 4.69) is 0 Å². The van der Waals surface area contributed by atoms with Gasteiger partial charge in [-0.2, -0.15) is 0 Å². The molecule has 1 aliphatic heterocycles. The lowest BCUT2D eigenvalue weighted by atomic mass is 10.1. The Morgan fingerprint density at radius 3 is 2.65 bits per heavy atom. The molecule has 2 aromatic rings. The van der Waals surface area contributed by atoms with E-state index in [1.165, 1.54) is 0 Å². The van der Waals surface area contributed by atoms with Gasteiger partial charge in [0, 0.05) is 12.0 Å². The number of esters is 1. The van der Waals surface area contributed by atoms with Crippen LogP contribution >= 0.6 is 0 Å². The molecule has 1 aliphatic rings. The van der Waals surface area contributed by atoms with E-state index in [0.717, 1.165) is 11.1 Å². The van der Waals surface area contributed by atoms with Gasteiger partial charge in [0.25, 0.3) is 0 Å². The average Bonchev–Trinajstić information content (AvgIpc) is 2.99. The van der Waals surface area contributed by atoms with Gasteiger partial charge in [-0.25, -0.2) is 4.79 Å². The lowest BCUT2D eigenvalue weighted by molar-refractivity contribution is -0.134. The molecule has 0 spiro atoms. The number of cyclic esters (lactones) is 1. The first-order valence-electron chi connectivity index (χ1n) is 7.49. The minimum atomic E-state index is -0.242. The van der Waals surface area contributed by atoms with Crippen molar-refractivity contribution in [3.05, 3.63) is 65.2 Å². The Bertz CT molecular complexity index is 719. The quantitative estimate of drug-likeness (QED) is 0.625. The maximum Gasteiger partial charge on any atom is 0.334 e. The molecule has 1 saturated heterocycles. The van der Waals surface area contributed by atoms with E-state index in [4.69, 9.17) is 14.2 Å². The molecular weight excluding hydrogens is 292 g/mol. The van der Waals surface area contributed by atoms with Gasteiger partial charge in [0.15, 0.2) is 11.5 Å². The molecule has 0 amide bonds. The van der Waals surface area contributed by atoms with Crippen LogP contribution in [-0.2, 0) is 16.1 Å². The average molecular weight is 310 g/mol. The molecule has 0 N–H and O–H groups in total. The second-order valence-electron chi connectivity index (χ2n) is 5.24. The lowest BCUT2D eigenvalue weighted by Crippen LogP contribution is -1.98. The molecule has 2 aromatic carbocycles. The smallest absolute Gasteiger partial charge is 0.334 e. The molecule has 1 heterocycles. The van der Waals surface area contributed by atoms with Crippen LogP contribution in [-0.4, -0.2) is 19.7 Å². The molecule has 0 bridgehead atoms. The highest BCUT2D eigenvalue weighted by Gasteiger charge is 2.18. The second-order valence-corrected chi connectivity index (χ2v) is 5.24. The van der Waals surface area contributed by atoms with Crippen LogP contribution in [0.4, 0.5) is 0 Å². The van der Waals surface area contributed by atoms with Gasteiger partial charge in [0.2, 0.25) is 0 Å². The lowest BCUT2D eigenvalue weighted by Gasteiger charge is -2.11. The Labute approximate surface area is 135 Å². The first kappa shape index (κ1) is 15.2. The molecule has 23 heavy (non-hydrogen) atoms. The molecule has 0 aromatic heterocycles. The summed E-state index contributed by atoms with van der Waals surface area (Å²) in [7, 11) is 1.60. The van der Waals surface area contributed by atoms with Crippen LogP contribution in [0.15, 0.2) is 54.1 Å². The summed E-state index contributed by atoms with van der Waals surface area (Å²) in [4.78, 5) is 11.5. The van der Waals surface area contributed by atoms with Crippen molar-refractivity contribution >= 4 is 12.0 Å². The van der Waals surface area contributed by atoms with E-state index in [1.807, 2.05) is 54.6 Å². The van der Waals surface area contributed by atoms with Gasteiger partial charge < -0.3 is 14.2 Å². The highest BCUT2D eigenvalue weighted by atomic mass is 16.5. The summed E-state index contributed by atoms with van der Waals surface area (Å²) in [5.41, 5.74) is 2.67. The van der Waals surface area contributed by atoms with Crippen molar-refractivity contribution in [1.82, 2.24) is 0 Å². The maximum atomic E-state index is 11.5. The van der Waals surface area contributed by atoms with Gasteiger partial charge >= 0.3 is 5.97 Å². The molecule has 0 atom stereocenters. The number of carbonyl (C=O) groups excluding carboxylic acids is 1. The fraction of sp³-hybridized carbons (Fsp3) is 0.211. The fourth-order valence-electron chi connectivity index (χ4n) is 2.41. The molecule has 1 fully saturated rings. The number of rotatable bonds is 5. The molecule has 4 nitrogen and oxygen atoms in total. The van der Waals surface area contributed by atoms with Crippen molar-refractivity contribution in [2.75, 3.05) is 13.7 Å². The van der Waals surface area contributed by atoms with Crippen LogP contribution in [0.3, 0.4) is 0 Å². The summed E-state index contributed by atoms with van der Waals surface area (Å²) in [6, 6.07) is 15.6. The number of ether oxygens (including phenoxy) is 3. The first-order valence-corrected chi connectivity index (χ1v) is 7.49. The number of hydrogen-bond acceptors (Lipinski definition) is 4. The number of hydrogen-bond donors (Lipinski definition) is 0. The van der Waals surface area contributed by atoms with Crippen molar-refractivity contribution in [2.45, 2.75) is 13.0 Å². The Kier molecular flexibility index (Phi) is 4.62. The Morgan fingerprint density at radius 2 is 1.96 bits per heavy atom. The monoisotopic (exact) mass is 310 g/mol. The zero-order valence-corrected chi connectivity index (χ0v) is 13.0. The van der Waals surface area contributed by atoms with E-state index in [1.54, 1.807) is 7.11 Å². The molecule has 0 saturated carbocycles. The van der Waals surface area contributed by atoms with Crippen molar-refractivity contribution in [3.63, 3.8) is 0 Å². The van der Waals surface area contributed by atoms with Crippen molar-refractivity contribution in [1.29, 1.82) is 0 Å². The number of carbonyl (C=O) groups is 1. The predicted octanol–water partition coefficient (Wildman–Crippen LogP) is 3.60. The van der Waals surface area contributed by atoms with Crippen LogP contribution in [0.5, 0.6) is 11.5 Å². The van der Waals surface area contributed by atoms with Crippen LogP contribution in [0, 0.1) is 0 Å². The van der Waals surface area contributed by atoms with Crippen molar-refractivity contribution in [3.8, 4) is 11.5 Å². The number of methoxy groups -OCH3 is 1. The molecular formula is C19H18O4. The molecule has 0 aliphatic carbocycles. The summed E-state index contributed by atoms with van der Waals surface area (Å²) < 4.78 is 16.2. The molecule has 118 valence electrons. The van der Waals surface area contributed by atoms with E-state index >= 15 is 0 Å². The van der Waals surface area contributed by atoms with Crippen molar-refractivity contribution in [2.24, 2.45) is 0 Å². The second kappa shape index (κ2) is 7.01. The minimum Gasteiger partial charge on any atom is -0.493 e. The minimum absolute atomic E-state index is 0.242. The largest absolute Gasteiger partial charge is 0.493 e. The highest BCUT2D eigenvalue weighted by Crippen LogP contribution is 2.30. The van der Waals surface area contributed by atoms with E-state index in [-0.39, 0.29) is 5.97 Å². The van der Waals surface area contributed by atoms with Gasteiger partial charge in [0.1, 0.15) is 6.61 Å². The third kappa shape index (κ3) is 3.72. The summed E-state index contributed by atoms with van der Waals surface area (Å²) >= 11 is 0. The summed E-state index contributed by atoms with van der Waals surface area (Å²) in [5, 5.41) is 0. The van der Waals surface area contributed by atoms with Crippen LogP contribution in [0.25, 0.3) is 6.08 Å². The summed E-state index contributed by atoms with van der Waals surface area (Å²) in [6.07, 6.45) is 2.48. The molecule has 4 heteroatoms. The van der Waals surface area contributed by atoms with E-state index in [0.29, 0.717) is 36.7 Å². The van der Waals surface area contributed by atoms with Gasteiger partial charge in [-0.15, -0.1) is 0 Å². The summed E-state index contributed by atoms with van der Waals surface area (Å²) in [5.74, 6) is 1.07. The highest BCUT2D eigenvalue weighted by molar-refractivity contribution is 5.95. The Balaban J connectivity index is 1.76. The van der Waals surface area contributed by atoms with Crippen molar-refractivity contribution < 1.29 is 19.0 Å². The molecule has 0 radical (unpaired) electrons. The predicted molar refractivity (Wildman–Crippen MR) is 87.3 cm³/mol. The third-order valence-corrected chi connectivity index (χ3v) is 3.63. The van der Waals surface area contributed by atoms with E-state index in [9.17, 15) is 4.79 Å². The topological polar surface area (TPSA) is 44.8 Å². The Morgan fingerprint density at radius 1 is 1.13 bits per heavy atom.